The Labute approximate surface area is 235 Å². The largest absolute Gasteiger partial charge is 0.417 e. The number of hydrogen-bond donors (Lipinski definition) is 3. The van der Waals surface area contributed by atoms with E-state index in [4.69, 9.17) is 17.3 Å². The monoisotopic (exact) mass is 574 g/mol. The van der Waals surface area contributed by atoms with Gasteiger partial charge in [-0.1, -0.05) is 24.2 Å². The standard InChI is InChI=1S/C27H30ClF3N8O/c1-6-33-22-15-34-26(39(5)12-11-38(3)4)37-23(22)24(32)36-21-13-17(8-7-16(21)2)25(40)35-18-9-10-20(28)19(14-18)27(29,30)31/h6-10,13-15,36H,1,11-12,32H2,2-5H3,(H,35,40)/b24-23-,33-22-. The van der Waals surface area contributed by atoms with E-state index in [2.05, 4.69) is 32.2 Å². The van der Waals surface area contributed by atoms with Crippen LogP contribution in [0.3, 0.4) is 0 Å². The highest BCUT2D eigenvalue weighted by Crippen LogP contribution is 2.36. The van der Waals surface area contributed by atoms with Crippen molar-refractivity contribution in [2.24, 2.45) is 20.7 Å². The minimum Gasteiger partial charge on any atom is -0.383 e. The molecule has 0 spiro atoms. The van der Waals surface area contributed by atoms with Gasteiger partial charge in [-0.15, -0.1) is 0 Å². The number of aliphatic imine (C=N–C) groups is 3. The number of aryl methyl sites for hydroxylation is 1. The van der Waals surface area contributed by atoms with Crippen LogP contribution in [-0.2, 0) is 6.18 Å². The summed E-state index contributed by atoms with van der Waals surface area (Å²) in [6.45, 7) is 6.89. The van der Waals surface area contributed by atoms with Crippen LogP contribution in [0.25, 0.3) is 0 Å². The molecule has 0 saturated heterocycles. The second-order valence-corrected chi connectivity index (χ2v) is 9.56. The second kappa shape index (κ2) is 12.8. The number of halogens is 4. The highest BCUT2D eigenvalue weighted by Gasteiger charge is 2.33. The predicted octanol–water partition coefficient (Wildman–Crippen LogP) is 4.98. The van der Waals surface area contributed by atoms with Crippen molar-refractivity contribution in [1.29, 1.82) is 0 Å². The minimum atomic E-state index is -4.66. The molecule has 2 aromatic carbocycles. The summed E-state index contributed by atoms with van der Waals surface area (Å²) in [5.74, 6) is -0.0275. The number of rotatable bonds is 8. The third-order valence-corrected chi connectivity index (χ3v) is 6.09. The fraction of sp³-hybridized carbons (Fsp3) is 0.259. The molecule has 0 saturated carbocycles. The molecule has 0 unspecified atom stereocenters. The van der Waals surface area contributed by atoms with Crippen molar-refractivity contribution in [3.05, 3.63) is 82.4 Å². The van der Waals surface area contributed by atoms with Gasteiger partial charge in [-0.2, -0.15) is 13.2 Å². The van der Waals surface area contributed by atoms with Crippen LogP contribution in [-0.4, -0.2) is 67.8 Å². The normalized spacial score (nSPS) is 15.6. The molecule has 0 aliphatic carbocycles. The number of nitrogens with zero attached hydrogens (tertiary/aromatic N) is 5. The fourth-order valence-electron chi connectivity index (χ4n) is 3.52. The molecule has 0 radical (unpaired) electrons. The van der Waals surface area contributed by atoms with Gasteiger partial charge in [0.05, 0.1) is 16.8 Å². The molecule has 3 rings (SSSR count). The minimum absolute atomic E-state index is 0.0505. The number of carbonyl (C=O) groups is 1. The van der Waals surface area contributed by atoms with E-state index in [1.807, 2.05) is 37.9 Å². The number of amides is 1. The van der Waals surface area contributed by atoms with Crippen LogP contribution in [0.15, 0.2) is 75.7 Å². The Morgan fingerprint density at radius 2 is 1.88 bits per heavy atom. The second-order valence-electron chi connectivity index (χ2n) is 9.16. The quantitative estimate of drug-likeness (QED) is 0.412. The predicted molar refractivity (Wildman–Crippen MR) is 155 cm³/mol. The molecule has 0 aromatic heterocycles. The fourth-order valence-corrected chi connectivity index (χ4v) is 3.74. The molecule has 0 fully saturated rings. The molecule has 0 atom stereocenters. The molecular formula is C27H30ClF3N8O. The maximum atomic E-state index is 13.2. The topological polar surface area (TPSA) is 111 Å². The van der Waals surface area contributed by atoms with Gasteiger partial charge < -0.3 is 26.2 Å². The maximum Gasteiger partial charge on any atom is 0.417 e. The molecule has 1 aliphatic rings. The van der Waals surface area contributed by atoms with Gasteiger partial charge in [0.2, 0.25) is 5.96 Å². The Kier molecular flexibility index (Phi) is 9.72. The van der Waals surface area contributed by atoms with E-state index in [9.17, 15) is 18.0 Å². The number of likely N-dealkylation sites (N-methyl/N-ethyl adjacent to an activating group) is 2. The van der Waals surface area contributed by atoms with E-state index in [0.717, 1.165) is 24.2 Å². The van der Waals surface area contributed by atoms with Gasteiger partial charge in [-0.3, -0.25) is 9.79 Å². The van der Waals surface area contributed by atoms with Crippen LogP contribution < -0.4 is 16.4 Å². The van der Waals surface area contributed by atoms with Crippen molar-refractivity contribution in [3.8, 4) is 0 Å². The lowest BCUT2D eigenvalue weighted by molar-refractivity contribution is -0.137. The summed E-state index contributed by atoms with van der Waals surface area (Å²) in [5.41, 5.74) is 7.47. The SMILES string of the molecule is C=C/N=C1/C=NC(N(C)CCN(C)C)=N/C1=C(/N)Nc1cc(C(=O)Nc2ccc(Cl)c(C(F)(F)F)c2)ccc1C. The Hall–Kier alpha value is -4.16. The third kappa shape index (κ3) is 7.70. The average molecular weight is 575 g/mol. The van der Waals surface area contributed by atoms with E-state index in [1.165, 1.54) is 24.5 Å². The van der Waals surface area contributed by atoms with E-state index >= 15 is 0 Å². The first-order valence-corrected chi connectivity index (χ1v) is 12.4. The van der Waals surface area contributed by atoms with Gasteiger partial charge in [0.15, 0.2) is 0 Å². The molecule has 40 heavy (non-hydrogen) atoms. The van der Waals surface area contributed by atoms with Crippen LogP contribution in [0.1, 0.15) is 21.5 Å². The highest BCUT2D eigenvalue weighted by atomic mass is 35.5. The summed E-state index contributed by atoms with van der Waals surface area (Å²) in [7, 11) is 5.79. The number of nitrogens with one attached hydrogen (secondary N) is 2. The smallest absolute Gasteiger partial charge is 0.383 e. The Morgan fingerprint density at radius 3 is 2.52 bits per heavy atom. The number of allylic oxidation sites excluding steroid dienone is 1. The van der Waals surface area contributed by atoms with Crippen molar-refractivity contribution in [2.75, 3.05) is 44.9 Å². The number of nitrogens with two attached hydrogens (primary N) is 1. The Bertz CT molecular complexity index is 1410. The van der Waals surface area contributed by atoms with Gasteiger partial charge in [-0.05, 0) is 56.9 Å². The zero-order valence-electron chi connectivity index (χ0n) is 22.5. The molecule has 212 valence electrons. The average Bonchev–Trinajstić information content (AvgIpc) is 2.89. The molecule has 2 aromatic rings. The van der Waals surface area contributed by atoms with Crippen molar-refractivity contribution in [1.82, 2.24) is 9.80 Å². The third-order valence-electron chi connectivity index (χ3n) is 5.76. The van der Waals surface area contributed by atoms with Gasteiger partial charge >= 0.3 is 6.18 Å². The van der Waals surface area contributed by atoms with E-state index in [1.54, 1.807) is 12.1 Å². The lowest BCUT2D eigenvalue weighted by atomic mass is 10.1. The Morgan fingerprint density at radius 1 is 1.15 bits per heavy atom. The number of benzene rings is 2. The molecule has 4 N–H and O–H groups in total. The van der Waals surface area contributed by atoms with E-state index < -0.39 is 22.7 Å². The molecular weight excluding hydrogens is 545 g/mol. The maximum absolute atomic E-state index is 13.2. The number of anilines is 2. The number of guanidine groups is 1. The lowest BCUT2D eigenvalue weighted by Gasteiger charge is -2.23. The molecule has 1 amide bonds. The number of carbonyl (C=O) groups excluding carboxylic acids is 1. The van der Waals surface area contributed by atoms with Gasteiger partial charge in [-0.25, -0.2) is 9.98 Å². The molecule has 1 heterocycles. The van der Waals surface area contributed by atoms with Gasteiger partial charge in [0.25, 0.3) is 5.91 Å². The van der Waals surface area contributed by atoms with Crippen molar-refractivity contribution < 1.29 is 18.0 Å². The van der Waals surface area contributed by atoms with Crippen molar-refractivity contribution >= 4 is 46.8 Å². The lowest BCUT2D eigenvalue weighted by Crippen LogP contribution is -2.35. The summed E-state index contributed by atoms with van der Waals surface area (Å²) >= 11 is 5.68. The van der Waals surface area contributed by atoms with Gasteiger partial charge in [0, 0.05) is 43.3 Å². The van der Waals surface area contributed by atoms with Crippen LogP contribution in [0.4, 0.5) is 24.5 Å². The summed E-state index contributed by atoms with van der Waals surface area (Å²) in [6.07, 6.45) is -1.77. The van der Waals surface area contributed by atoms with Crippen molar-refractivity contribution in [3.63, 3.8) is 0 Å². The number of alkyl halides is 3. The van der Waals surface area contributed by atoms with Crippen LogP contribution in [0, 0.1) is 6.92 Å². The summed E-state index contributed by atoms with van der Waals surface area (Å²) in [6, 6.07) is 7.93. The summed E-state index contributed by atoms with van der Waals surface area (Å²) < 4.78 is 39.7. The van der Waals surface area contributed by atoms with E-state index in [0.29, 0.717) is 29.6 Å². The molecule has 9 nitrogen and oxygen atoms in total. The molecule has 0 bridgehead atoms. The van der Waals surface area contributed by atoms with Crippen LogP contribution >= 0.6 is 11.6 Å². The summed E-state index contributed by atoms with van der Waals surface area (Å²) in [5, 5.41) is 5.09. The number of hydrogen-bond acceptors (Lipinski definition) is 8. The first-order valence-electron chi connectivity index (χ1n) is 12.0. The van der Waals surface area contributed by atoms with Gasteiger partial charge in [0.1, 0.15) is 17.2 Å². The van der Waals surface area contributed by atoms with Crippen LogP contribution in [0.2, 0.25) is 5.02 Å². The highest BCUT2D eigenvalue weighted by molar-refractivity contribution is 6.41. The van der Waals surface area contributed by atoms with Crippen molar-refractivity contribution in [2.45, 2.75) is 13.1 Å². The first-order chi connectivity index (χ1) is 18.8. The zero-order chi connectivity index (χ0) is 29.6. The summed E-state index contributed by atoms with van der Waals surface area (Å²) in [4.78, 5) is 30.0. The zero-order valence-corrected chi connectivity index (χ0v) is 23.2. The van der Waals surface area contributed by atoms with Crippen LogP contribution in [0.5, 0.6) is 0 Å². The molecule has 13 heteroatoms. The van der Waals surface area contributed by atoms with E-state index in [-0.39, 0.29) is 17.1 Å². The molecule has 1 aliphatic heterocycles. The first kappa shape index (κ1) is 30.4. The Balaban J connectivity index is 1.89.